The van der Waals surface area contributed by atoms with Crippen molar-refractivity contribution in [2.75, 3.05) is 0 Å². The Bertz CT molecular complexity index is 568. The normalized spacial score (nSPS) is 16.4. The quantitative estimate of drug-likeness (QED) is 0.747. The van der Waals surface area contributed by atoms with Crippen LogP contribution in [0.4, 0.5) is 0 Å². The van der Waals surface area contributed by atoms with Crippen LogP contribution in [0.3, 0.4) is 0 Å². The van der Waals surface area contributed by atoms with Gasteiger partial charge in [0.2, 0.25) is 0 Å². The minimum absolute atomic E-state index is 0.219. The Labute approximate surface area is 100 Å². The first-order valence-electron chi connectivity index (χ1n) is 5.65. The Balaban J connectivity index is 2.04. The van der Waals surface area contributed by atoms with Gasteiger partial charge in [-0.3, -0.25) is 0 Å². The highest BCUT2D eigenvalue weighted by atomic mass is 16.5. The number of hydrogen-bond donors (Lipinski definition) is 0. The van der Waals surface area contributed by atoms with Crippen molar-refractivity contribution >= 4 is 6.08 Å². The van der Waals surface area contributed by atoms with Crippen LogP contribution in [0.5, 0.6) is 5.75 Å². The standard InChI is InChI=1S/C14H14N2O/c1-14(2)6-5-11-9-12(3-4-13(11)17-14)16-8-7-15-10-16/h3-10H,1-2H3. The van der Waals surface area contributed by atoms with Crippen LogP contribution in [-0.2, 0) is 0 Å². The third-order valence-electron chi connectivity index (χ3n) is 2.83. The lowest BCUT2D eigenvalue weighted by Gasteiger charge is -2.28. The zero-order chi connectivity index (χ0) is 11.9. The molecule has 0 unspecified atom stereocenters. The lowest BCUT2D eigenvalue weighted by molar-refractivity contribution is 0.159. The van der Waals surface area contributed by atoms with Crippen molar-refractivity contribution in [3.8, 4) is 11.4 Å². The Hall–Kier alpha value is -2.03. The van der Waals surface area contributed by atoms with Crippen molar-refractivity contribution in [1.82, 2.24) is 9.55 Å². The predicted octanol–water partition coefficient (Wildman–Crippen LogP) is 3.06. The van der Waals surface area contributed by atoms with E-state index in [0.29, 0.717) is 0 Å². The van der Waals surface area contributed by atoms with E-state index in [4.69, 9.17) is 4.74 Å². The number of aromatic nitrogens is 2. The molecule has 3 rings (SSSR count). The molecule has 0 saturated heterocycles. The summed E-state index contributed by atoms with van der Waals surface area (Å²) in [5.41, 5.74) is 1.98. The summed E-state index contributed by atoms with van der Waals surface area (Å²) in [6.45, 7) is 4.10. The second-order valence-electron chi connectivity index (χ2n) is 4.73. The molecule has 3 nitrogen and oxygen atoms in total. The third-order valence-corrected chi connectivity index (χ3v) is 2.83. The second kappa shape index (κ2) is 3.48. The van der Waals surface area contributed by atoms with Crippen LogP contribution in [-0.4, -0.2) is 15.2 Å². The molecule has 1 aromatic heterocycles. The van der Waals surface area contributed by atoms with Crippen molar-refractivity contribution in [3.05, 3.63) is 48.6 Å². The average Bonchev–Trinajstić information content (AvgIpc) is 2.81. The summed E-state index contributed by atoms with van der Waals surface area (Å²) in [5.74, 6) is 0.932. The van der Waals surface area contributed by atoms with Crippen molar-refractivity contribution < 1.29 is 4.74 Å². The van der Waals surface area contributed by atoms with Crippen LogP contribution >= 0.6 is 0 Å². The highest BCUT2D eigenvalue weighted by Crippen LogP contribution is 2.32. The number of benzene rings is 1. The molecule has 0 radical (unpaired) electrons. The van der Waals surface area contributed by atoms with Crippen LogP contribution < -0.4 is 4.74 Å². The topological polar surface area (TPSA) is 27.1 Å². The smallest absolute Gasteiger partial charge is 0.127 e. The van der Waals surface area contributed by atoms with Crippen molar-refractivity contribution in [1.29, 1.82) is 0 Å². The van der Waals surface area contributed by atoms with Crippen molar-refractivity contribution in [2.24, 2.45) is 0 Å². The van der Waals surface area contributed by atoms with Gasteiger partial charge in [0.25, 0.3) is 0 Å². The lowest BCUT2D eigenvalue weighted by Crippen LogP contribution is -2.27. The summed E-state index contributed by atoms with van der Waals surface area (Å²) < 4.78 is 7.86. The van der Waals surface area contributed by atoms with Crippen LogP contribution in [0.15, 0.2) is 43.0 Å². The van der Waals surface area contributed by atoms with E-state index in [1.165, 1.54) is 0 Å². The van der Waals surface area contributed by atoms with Crippen molar-refractivity contribution in [2.45, 2.75) is 19.4 Å². The number of nitrogens with zero attached hydrogens (tertiary/aromatic N) is 2. The second-order valence-corrected chi connectivity index (χ2v) is 4.73. The van der Waals surface area contributed by atoms with Crippen LogP contribution in [0.2, 0.25) is 0 Å². The maximum absolute atomic E-state index is 5.88. The fraction of sp³-hybridized carbons (Fsp3) is 0.214. The highest BCUT2D eigenvalue weighted by Gasteiger charge is 2.21. The largest absolute Gasteiger partial charge is 0.483 e. The van der Waals surface area contributed by atoms with E-state index < -0.39 is 0 Å². The number of rotatable bonds is 1. The Morgan fingerprint density at radius 3 is 2.94 bits per heavy atom. The first-order valence-corrected chi connectivity index (χ1v) is 5.65. The molecule has 2 aromatic rings. The molecule has 0 aliphatic carbocycles. The molecule has 3 heteroatoms. The third kappa shape index (κ3) is 1.84. The van der Waals surface area contributed by atoms with Gasteiger partial charge in [-0.15, -0.1) is 0 Å². The van der Waals surface area contributed by atoms with Gasteiger partial charge in [-0.1, -0.05) is 6.08 Å². The summed E-state index contributed by atoms with van der Waals surface area (Å²) in [6, 6.07) is 6.15. The van der Waals surface area contributed by atoms with E-state index in [1.54, 1.807) is 12.5 Å². The van der Waals surface area contributed by atoms with Gasteiger partial charge in [0.1, 0.15) is 11.4 Å². The molecule has 1 aliphatic rings. The summed E-state index contributed by atoms with van der Waals surface area (Å²) >= 11 is 0. The zero-order valence-electron chi connectivity index (χ0n) is 9.92. The maximum Gasteiger partial charge on any atom is 0.127 e. The fourth-order valence-electron chi connectivity index (χ4n) is 1.94. The molecule has 1 aliphatic heterocycles. The molecular formula is C14H14N2O. The van der Waals surface area contributed by atoms with Gasteiger partial charge in [0.15, 0.2) is 0 Å². The van der Waals surface area contributed by atoms with Gasteiger partial charge in [-0.2, -0.15) is 0 Å². The number of hydrogen-bond acceptors (Lipinski definition) is 2. The predicted molar refractivity (Wildman–Crippen MR) is 67.3 cm³/mol. The summed E-state index contributed by atoms with van der Waals surface area (Å²) in [7, 11) is 0. The summed E-state index contributed by atoms with van der Waals surface area (Å²) in [6.07, 6.45) is 9.68. The molecule has 0 atom stereocenters. The Morgan fingerprint density at radius 2 is 2.18 bits per heavy atom. The van der Waals surface area contributed by atoms with E-state index in [2.05, 4.69) is 37.0 Å². The van der Waals surface area contributed by atoms with Crippen LogP contribution in [0.1, 0.15) is 19.4 Å². The van der Waals surface area contributed by atoms with Gasteiger partial charge in [-0.05, 0) is 38.1 Å². The van der Waals surface area contributed by atoms with Gasteiger partial charge in [0, 0.05) is 23.6 Å². The highest BCUT2D eigenvalue weighted by molar-refractivity contribution is 5.63. The van der Waals surface area contributed by atoms with E-state index >= 15 is 0 Å². The summed E-state index contributed by atoms with van der Waals surface area (Å²) in [4.78, 5) is 4.05. The van der Waals surface area contributed by atoms with E-state index in [1.807, 2.05) is 22.9 Å². The molecule has 0 bridgehead atoms. The molecule has 2 heterocycles. The number of ether oxygens (including phenoxy) is 1. The Kier molecular flexibility index (Phi) is 2.08. The van der Waals surface area contributed by atoms with Crippen LogP contribution in [0, 0.1) is 0 Å². The molecule has 17 heavy (non-hydrogen) atoms. The van der Waals surface area contributed by atoms with Gasteiger partial charge in [-0.25, -0.2) is 4.98 Å². The average molecular weight is 226 g/mol. The molecule has 0 N–H and O–H groups in total. The molecule has 1 aromatic carbocycles. The van der Waals surface area contributed by atoms with Crippen LogP contribution in [0.25, 0.3) is 11.8 Å². The number of fused-ring (bicyclic) bond motifs is 1. The molecule has 0 spiro atoms. The van der Waals surface area contributed by atoms with Gasteiger partial charge >= 0.3 is 0 Å². The first kappa shape index (κ1) is 10.1. The molecule has 0 saturated carbocycles. The number of imidazole rings is 1. The Morgan fingerprint density at radius 1 is 1.29 bits per heavy atom. The van der Waals surface area contributed by atoms with Crippen molar-refractivity contribution in [3.63, 3.8) is 0 Å². The molecule has 86 valence electrons. The summed E-state index contributed by atoms with van der Waals surface area (Å²) in [5, 5.41) is 0. The zero-order valence-corrected chi connectivity index (χ0v) is 9.92. The first-order chi connectivity index (χ1) is 8.14. The maximum atomic E-state index is 5.88. The van der Waals surface area contributed by atoms with Gasteiger partial charge < -0.3 is 9.30 Å². The monoisotopic (exact) mass is 226 g/mol. The minimum Gasteiger partial charge on any atom is -0.483 e. The fourth-order valence-corrected chi connectivity index (χ4v) is 1.94. The van der Waals surface area contributed by atoms with E-state index in [9.17, 15) is 0 Å². The van der Waals surface area contributed by atoms with Gasteiger partial charge in [0.05, 0.1) is 6.33 Å². The molecule has 0 fully saturated rings. The molecule has 0 amide bonds. The van der Waals surface area contributed by atoms with E-state index in [-0.39, 0.29) is 5.60 Å². The SMILES string of the molecule is CC1(C)C=Cc2cc(-n3ccnc3)ccc2O1. The minimum atomic E-state index is -0.219. The lowest BCUT2D eigenvalue weighted by atomic mass is 10.0. The van der Waals surface area contributed by atoms with E-state index in [0.717, 1.165) is 17.0 Å². The molecular weight excluding hydrogens is 212 g/mol.